The van der Waals surface area contributed by atoms with Gasteiger partial charge in [0.2, 0.25) is 0 Å². The van der Waals surface area contributed by atoms with Gasteiger partial charge in [0.05, 0.1) is 6.10 Å². The molecule has 0 radical (unpaired) electrons. The van der Waals surface area contributed by atoms with Crippen molar-refractivity contribution in [1.82, 2.24) is 5.32 Å². The van der Waals surface area contributed by atoms with Crippen LogP contribution in [0.2, 0.25) is 0 Å². The van der Waals surface area contributed by atoms with Crippen molar-refractivity contribution in [2.45, 2.75) is 58.8 Å². The molecule has 20 heavy (non-hydrogen) atoms. The predicted molar refractivity (Wildman–Crippen MR) is 79.7 cm³/mol. The van der Waals surface area contributed by atoms with Crippen LogP contribution in [0.25, 0.3) is 0 Å². The van der Waals surface area contributed by atoms with E-state index < -0.39 is 12.2 Å². The second-order valence-electron chi connectivity index (χ2n) is 5.03. The molecule has 0 saturated heterocycles. The number of hydrogen-bond donors (Lipinski definition) is 2. The molecule has 1 aromatic rings. The number of ether oxygens (including phenoxy) is 1. The zero-order chi connectivity index (χ0) is 15.1. The van der Waals surface area contributed by atoms with Gasteiger partial charge >= 0.3 is 0 Å². The van der Waals surface area contributed by atoms with Crippen LogP contribution in [0.15, 0.2) is 24.3 Å². The highest BCUT2D eigenvalue weighted by atomic mass is 16.5. The van der Waals surface area contributed by atoms with Crippen molar-refractivity contribution >= 4 is 5.91 Å². The summed E-state index contributed by atoms with van der Waals surface area (Å²) in [5, 5.41) is 12.4. The Bertz CT molecular complexity index is 410. The number of benzene rings is 1. The van der Waals surface area contributed by atoms with Gasteiger partial charge in [-0.3, -0.25) is 4.79 Å². The molecule has 2 N–H and O–H groups in total. The van der Waals surface area contributed by atoms with Gasteiger partial charge in [-0.2, -0.15) is 0 Å². The molecule has 1 rings (SSSR count). The first-order chi connectivity index (χ1) is 9.47. The fourth-order valence-electron chi connectivity index (χ4n) is 1.89. The standard InChI is InChI=1S/C16H25NO3/c1-5-14(6-2)17-16(19)12(4)20-15-9-7-13(8-10-15)11(3)18/h7-12,14,18H,5-6H2,1-4H3,(H,17,19)/t11-,12?/m0/s1. The molecule has 0 spiro atoms. The van der Waals surface area contributed by atoms with E-state index in [0.717, 1.165) is 18.4 Å². The molecule has 0 aliphatic rings. The van der Waals surface area contributed by atoms with E-state index in [1.54, 1.807) is 38.1 Å². The highest BCUT2D eigenvalue weighted by molar-refractivity contribution is 5.81. The van der Waals surface area contributed by atoms with Crippen molar-refractivity contribution in [3.63, 3.8) is 0 Å². The van der Waals surface area contributed by atoms with Crippen LogP contribution >= 0.6 is 0 Å². The molecule has 0 fully saturated rings. The van der Waals surface area contributed by atoms with E-state index in [4.69, 9.17) is 4.74 Å². The quantitative estimate of drug-likeness (QED) is 0.807. The van der Waals surface area contributed by atoms with E-state index in [1.807, 2.05) is 0 Å². The van der Waals surface area contributed by atoms with Gasteiger partial charge in [0.1, 0.15) is 5.75 Å². The fourth-order valence-corrected chi connectivity index (χ4v) is 1.89. The summed E-state index contributed by atoms with van der Waals surface area (Å²) in [6.07, 6.45) is 0.795. The van der Waals surface area contributed by atoms with Crippen LogP contribution in [-0.4, -0.2) is 23.2 Å². The third kappa shape index (κ3) is 4.85. The molecular weight excluding hydrogens is 254 g/mol. The minimum absolute atomic E-state index is 0.0988. The highest BCUT2D eigenvalue weighted by Gasteiger charge is 2.17. The Labute approximate surface area is 121 Å². The van der Waals surface area contributed by atoms with Gasteiger partial charge in [0.25, 0.3) is 5.91 Å². The van der Waals surface area contributed by atoms with Crippen molar-refractivity contribution in [1.29, 1.82) is 0 Å². The topological polar surface area (TPSA) is 58.6 Å². The van der Waals surface area contributed by atoms with Crippen LogP contribution < -0.4 is 10.1 Å². The van der Waals surface area contributed by atoms with Gasteiger partial charge in [-0.1, -0.05) is 26.0 Å². The third-order valence-corrected chi connectivity index (χ3v) is 3.38. The predicted octanol–water partition coefficient (Wildman–Crippen LogP) is 2.81. The Hall–Kier alpha value is -1.55. The molecule has 0 aromatic heterocycles. The van der Waals surface area contributed by atoms with Crippen LogP contribution in [0, 0.1) is 0 Å². The SMILES string of the molecule is CCC(CC)NC(=O)C(C)Oc1ccc([C@H](C)O)cc1. The summed E-state index contributed by atoms with van der Waals surface area (Å²) in [6.45, 7) is 7.55. The van der Waals surface area contributed by atoms with E-state index >= 15 is 0 Å². The number of amides is 1. The number of rotatable bonds is 7. The second-order valence-corrected chi connectivity index (χ2v) is 5.03. The Morgan fingerprint density at radius 3 is 2.20 bits per heavy atom. The van der Waals surface area contributed by atoms with Gasteiger partial charge in [0, 0.05) is 6.04 Å². The van der Waals surface area contributed by atoms with Crippen LogP contribution in [0.3, 0.4) is 0 Å². The minimum atomic E-state index is -0.534. The maximum Gasteiger partial charge on any atom is 0.260 e. The number of nitrogens with one attached hydrogen (secondary N) is 1. The van der Waals surface area contributed by atoms with E-state index in [1.165, 1.54) is 0 Å². The smallest absolute Gasteiger partial charge is 0.260 e. The third-order valence-electron chi connectivity index (χ3n) is 3.38. The molecule has 0 aliphatic carbocycles. The van der Waals surface area contributed by atoms with E-state index in [0.29, 0.717) is 5.75 Å². The summed E-state index contributed by atoms with van der Waals surface area (Å²) >= 11 is 0. The fraction of sp³-hybridized carbons (Fsp3) is 0.562. The van der Waals surface area contributed by atoms with Crippen molar-refractivity contribution in [2.75, 3.05) is 0 Å². The lowest BCUT2D eigenvalue weighted by Gasteiger charge is -2.19. The molecule has 4 heteroatoms. The number of aliphatic hydroxyl groups excluding tert-OH is 1. The van der Waals surface area contributed by atoms with Crippen LogP contribution in [-0.2, 0) is 4.79 Å². The average molecular weight is 279 g/mol. The number of carbonyl (C=O) groups is 1. The zero-order valence-electron chi connectivity index (χ0n) is 12.7. The Morgan fingerprint density at radius 2 is 1.75 bits per heavy atom. The molecule has 0 heterocycles. The molecule has 1 unspecified atom stereocenters. The largest absolute Gasteiger partial charge is 0.481 e. The molecular formula is C16H25NO3. The number of carbonyl (C=O) groups excluding carboxylic acids is 1. The van der Waals surface area contributed by atoms with Crippen LogP contribution in [0.4, 0.5) is 0 Å². The Kier molecular flexibility index (Phi) is 6.52. The van der Waals surface area contributed by atoms with Gasteiger partial charge in [0.15, 0.2) is 6.10 Å². The monoisotopic (exact) mass is 279 g/mol. The molecule has 1 aromatic carbocycles. The van der Waals surface area contributed by atoms with Gasteiger partial charge in [-0.25, -0.2) is 0 Å². The van der Waals surface area contributed by atoms with Crippen molar-refractivity contribution in [2.24, 2.45) is 0 Å². The molecule has 0 bridgehead atoms. The highest BCUT2D eigenvalue weighted by Crippen LogP contribution is 2.18. The Morgan fingerprint density at radius 1 is 1.20 bits per heavy atom. The maximum atomic E-state index is 12.0. The first-order valence-electron chi connectivity index (χ1n) is 7.22. The van der Waals surface area contributed by atoms with Crippen LogP contribution in [0.1, 0.15) is 52.2 Å². The van der Waals surface area contributed by atoms with Crippen LogP contribution in [0.5, 0.6) is 5.75 Å². The average Bonchev–Trinajstić information content (AvgIpc) is 2.44. The van der Waals surface area contributed by atoms with Gasteiger partial charge in [-0.15, -0.1) is 0 Å². The molecule has 4 nitrogen and oxygen atoms in total. The van der Waals surface area contributed by atoms with Gasteiger partial charge in [-0.05, 0) is 44.4 Å². The molecule has 0 aliphatic heterocycles. The van der Waals surface area contributed by atoms with Crippen molar-refractivity contribution in [3.05, 3.63) is 29.8 Å². The van der Waals surface area contributed by atoms with Crippen molar-refractivity contribution < 1.29 is 14.6 Å². The number of aliphatic hydroxyl groups is 1. The summed E-state index contributed by atoms with van der Waals surface area (Å²) in [5.41, 5.74) is 0.825. The first kappa shape index (κ1) is 16.5. The molecule has 1 amide bonds. The molecule has 112 valence electrons. The Balaban J connectivity index is 2.56. The van der Waals surface area contributed by atoms with E-state index in [-0.39, 0.29) is 11.9 Å². The zero-order valence-corrected chi connectivity index (χ0v) is 12.7. The first-order valence-corrected chi connectivity index (χ1v) is 7.22. The normalized spacial score (nSPS) is 13.9. The van der Waals surface area contributed by atoms with Gasteiger partial charge < -0.3 is 15.2 Å². The molecule has 0 saturated carbocycles. The summed E-state index contributed by atoms with van der Waals surface area (Å²) in [4.78, 5) is 12.0. The summed E-state index contributed by atoms with van der Waals surface area (Å²) in [6, 6.07) is 7.33. The summed E-state index contributed by atoms with van der Waals surface area (Å²) in [7, 11) is 0. The summed E-state index contributed by atoms with van der Waals surface area (Å²) in [5.74, 6) is 0.528. The molecule has 2 atom stereocenters. The number of hydrogen-bond acceptors (Lipinski definition) is 3. The lowest BCUT2D eigenvalue weighted by atomic mass is 10.1. The summed E-state index contributed by atoms with van der Waals surface area (Å²) < 4.78 is 5.61. The maximum absolute atomic E-state index is 12.0. The minimum Gasteiger partial charge on any atom is -0.481 e. The lowest BCUT2D eigenvalue weighted by molar-refractivity contribution is -0.128. The van der Waals surface area contributed by atoms with Crippen molar-refractivity contribution in [3.8, 4) is 5.75 Å². The van der Waals surface area contributed by atoms with E-state index in [2.05, 4.69) is 19.2 Å². The second kappa shape index (κ2) is 7.90. The lowest BCUT2D eigenvalue weighted by Crippen LogP contribution is -2.42. The van der Waals surface area contributed by atoms with E-state index in [9.17, 15) is 9.90 Å².